The molecule has 1 heterocycles. The molecule has 0 saturated heterocycles. The van der Waals surface area contributed by atoms with Crippen molar-refractivity contribution in [3.05, 3.63) is 28.0 Å². The van der Waals surface area contributed by atoms with Crippen molar-refractivity contribution in [3.8, 4) is 0 Å². The van der Waals surface area contributed by atoms with Gasteiger partial charge in [0.2, 0.25) is 0 Å². The molecule has 0 N–H and O–H groups in total. The predicted molar refractivity (Wildman–Crippen MR) is 68.9 cm³/mol. The number of ether oxygens (including phenoxy) is 1. The summed E-state index contributed by atoms with van der Waals surface area (Å²) in [6, 6.07) is 6.34. The summed E-state index contributed by atoms with van der Waals surface area (Å²) < 4.78 is 8.55. The second-order valence-electron chi connectivity index (χ2n) is 3.27. The molecule has 0 saturated carbocycles. The van der Waals surface area contributed by atoms with Crippen LogP contribution in [-0.2, 0) is 11.3 Å². The SMILES string of the molecule is CCOCCn1ncc2ccc(I)cc21. The van der Waals surface area contributed by atoms with Gasteiger partial charge in [-0.3, -0.25) is 4.68 Å². The summed E-state index contributed by atoms with van der Waals surface area (Å²) in [7, 11) is 0. The van der Waals surface area contributed by atoms with Crippen molar-refractivity contribution in [3.63, 3.8) is 0 Å². The number of aromatic nitrogens is 2. The van der Waals surface area contributed by atoms with E-state index in [0.717, 1.165) is 19.8 Å². The molecule has 0 aliphatic carbocycles. The van der Waals surface area contributed by atoms with Crippen LogP contribution in [0.1, 0.15) is 6.92 Å². The average Bonchev–Trinajstić information content (AvgIpc) is 2.62. The lowest BCUT2D eigenvalue weighted by atomic mass is 10.3. The zero-order valence-corrected chi connectivity index (χ0v) is 10.8. The first-order valence-electron chi connectivity index (χ1n) is 5.00. The van der Waals surface area contributed by atoms with E-state index >= 15 is 0 Å². The minimum Gasteiger partial charge on any atom is -0.380 e. The Balaban J connectivity index is 2.23. The molecule has 15 heavy (non-hydrogen) atoms. The van der Waals surface area contributed by atoms with Crippen molar-refractivity contribution in [2.45, 2.75) is 13.5 Å². The molecule has 0 aliphatic rings. The fourth-order valence-electron chi connectivity index (χ4n) is 1.52. The molecule has 80 valence electrons. The molecule has 0 atom stereocenters. The Morgan fingerprint density at radius 3 is 3.13 bits per heavy atom. The average molecular weight is 316 g/mol. The summed E-state index contributed by atoms with van der Waals surface area (Å²) in [4.78, 5) is 0. The fraction of sp³-hybridized carbons (Fsp3) is 0.364. The Labute approximate surface area is 103 Å². The Bertz CT molecular complexity index is 453. The van der Waals surface area contributed by atoms with Gasteiger partial charge in [0.25, 0.3) is 0 Å². The summed E-state index contributed by atoms with van der Waals surface area (Å²) in [6.07, 6.45) is 1.90. The van der Waals surface area contributed by atoms with Gasteiger partial charge in [0.15, 0.2) is 0 Å². The Hall–Kier alpha value is -0.620. The smallest absolute Gasteiger partial charge is 0.0693 e. The normalized spacial score (nSPS) is 11.1. The third-order valence-corrected chi connectivity index (χ3v) is 2.93. The molecule has 0 spiro atoms. The van der Waals surface area contributed by atoms with Crippen molar-refractivity contribution in [2.24, 2.45) is 0 Å². The van der Waals surface area contributed by atoms with Crippen molar-refractivity contribution in [1.29, 1.82) is 0 Å². The van der Waals surface area contributed by atoms with Crippen LogP contribution in [0.4, 0.5) is 0 Å². The molecule has 0 amide bonds. The first-order valence-corrected chi connectivity index (χ1v) is 6.08. The molecule has 2 aromatic rings. The van der Waals surface area contributed by atoms with Crippen molar-refractivity contribution in [2.75, 3.05) is 13.2 Å². The zero-order valence-electron chi connectivity index (χ0n) is 8.61. The molecule has 3 nitrogen and oxygen atoms in total. The van der Waals surface area contributed by atoms with Crippen LogP contribution in [-0.4, -0.2) is 23.0 Å². The lowest BCUT2D eigenvalue weighted by Gasteiger charge is -2.03. The van der Waals surface area contributed by atoms with Crippen molar-refractivity contribution in [1.82, 2.24) is 9.78 Å². The molecule has 1 aromatic heterocycles. The summed E-state index contributed by atoms with van der Waals surface area (Å²) in [5.74, 6) is 0. The van der Waals surface area contributed by atoms with Gasteiger partial charge in [0.1, 0.15) is 0 Å². The van der Waals surface area contributed by atoms with Gasteiger partial charge in [-0.1, -0.05) is 6.07 Å². The standard InChI is InChI=1S/C11H13IN2O/c1-2-15-6-5-14-11-7-10(12)4-3-9(11)8-13-14/h3-4,7-8H,2,5-6H2,1H3. The molecule has 0 radical (unpaired) electrons. The van der Waals surface area contributed by atoms with E-state index in [1.165, 1.54) is 14.5 Å². The van der Waals surface area contributed by atoms with Gasteiger partial charge in [-0.2, -0.15) is 5.10 Å². The second-order valence-corrected chi connectivity index (χ2v) is 4.51. The topological polar surface area (TPSA) is 27.1 Å². The monoisotopic (exact) mass is 316 g/mol. The van der Waals surface area contributed by atoms with Crippen LogP contribution in [0.2, 0.25) is 0 Å². The van der Waals surface area contributed by atoms with E-state index in [2.05, 4.69) is 45.9 Å². The third kappa shape index (κ3) is 2.49. The van der Waals surface area contributed by atoms with E-state index in [1.54, 1.807) is 0 Å². The summed E-state index contributed by atoms with van der Waals surface area (Å²) in [6.45, 7) is 4.30. The first kappa shape index (κ1) is 10.9. The van der Waals surface area contributed by atoms with E-state index in [9.17, 15) is 0 Å². The van der Waals surface area contributed by atoms with E-state index < -0.39 is 0 Å². The number of halogens is 1. The molecular weight excluding hydrogens is 303 g/mol. The minimum atomic E-state index is 0.721. The molecule has 0 fully saturated rings. The van der Waals surface area contributed by atoms with Gasteiger partial charge in [-0.05, 0) is 41.6 Å². The maximum Gasteiger partial charge on any atom is 0.0693 e. The van der Waals surface area contributed by atoms with Crippen LogP contribution in [0.15, 0.2) is 24.4 Å². The minimum absolute atomic E-state index is 0.721. The quantitative estimate of drug-likeness (QED) is 0.640. The van der Waals surface area contributed by atoms with Gasteiger partial charge >= 0.3 is 0 Å². The van der Waals surface area contributed by atoms with E-state index in [1.807, 2.05) is 17.8 Å². The van der Waals surface area contributed by atoms with E-state index in [-0.39, 0.29) is 0 Å². The lowest BCUT2D eigenvalue weighted by Crippen LogP contribution is -2.06. The molecule has 2 rings (SSSR count). The van der Waals surface area contributed by atoms with Crippen molar-refractivity contribution >= 4 is 33.5 Å². The largest absolute Gasteiger partial charge is 0.380 e. The maximum atomic E-state index is 5.32. The van der Waals surface area contributed by atoms with E-state index in [4.69, 9.17) is 4.74 Å². The number of hydrogen-bond acceptors (Lipinski definition) is 2. The zero-order chi connectivity index (χ0) is 10.7. The molecule has 0 bridgehead atoms. The first-order chi connectivity index (χ1) is 7.31. The summed E-state index contributed by atoms with van der Waals surface area (Å²) >= 11 is 2.31. The third-order valence-electron chi connectivity index (χ3n) is 2.26. The molecular formula is C11H13IN2O. The molecule has 1 aromatic carbocycles. The van der Waals surface area contributed by atoms with Gasteiger partial charge in [-0.25, -0.2) is 0 Å². The predicted octanol–water partition coefficient (Wildman–Crippen LogP) is 2.68. The van der Waals surface area contributed by atoms with Crippen LogP contribution < -0.4 is 0 Å². The van der Waals surface area contributed by atoms with Crippen LogP contribution in [0.3, 0.4) is 0 Å². The molecule has 0 unspecified atom stereocenters. The Morgan fingerprint density at radius 1 is 1.47 bits per heavy atom. The summed E-state index contributed by atoms with van der Waals surface area (Å²) in [5.41, 5.74) is 1.18. The highest BCUT2D eigenvalue weighted by molar-refractivity contribution is 14.1. The fourth-order valence-corrected chi connectivity index (χ4v) is 1.99. The van der Waals surface area contributed by atoms with Gasteiger partial charge < -0.3 is 4.74 Å². The van der Waals surface area contributed by atoms with Gasteiger partial charge in [-0.15, -0.1) is 0 Å². The van der Waals surface area contributed by atoms with Crippen LogP contribution >= 0.6 is 22.6 Å². The lowest BCUT2D eigenvalue weighted by molar-refractivity contribution is 0.137. The van der Waals surface area contributed by atoms with Gasteiger partial charge in [0.05, 0.1) is 24.9 Å². The number of rotatable bonds is 4. The maximum absolute atomic E-state index is 5.32. The molecule has 4 heteroatoms. The van der Waals surface area contributed by atoms with E-state index in [0.29, 0.717) is 0 Å². The highest BCUT2D eigenvalue weighted by atomic mass is 127. The van der Waals surface area contributed by atoms with Crippen LogP contribution in [0.5, 0.6) is 0 Å². The second kappa shape index (κ2) is 4.94. The van der Waals surface area contributed by atoms with Crippen LogP contribution in [0.25, 0.3) is 10.9 Å². The van der Waals surface area contributed by atoms with Crippen LogP contribution in [0, 0.1) is 3.57 Å². The Morgan fingerprint density at radius 2 is 2.33 bits per heavy atom. The number of hydrogen-bond donors (Lipinski definition) is 0. The molecule has 0 aliphatic heterocycles. The van der Waals surface area contributed by atoms with Gasteiger partial charge in [0, 0.05) is 15.6 Å². The highest BCUT2D eigenvalue weighted by Crippen LogP contribution is 2.16. The number of fused-ring (bicyclic) bond motifs is 1. The number of benzene rings is 1. The van der Waals surface area contributed by atoms with Crippen molar-refractivity contribution < 1.29 is 4.74 Å². The highest BCUT2D eigenvalue weighted by Gasteiger charge is 2.02. The summed E-state index contributed by atoms with van der Waals surface area (Å²) in [5, 5.41) is 5.53. The number of nitrogens with zero attached hydrogens (tertiary/aromatic N) is 2. The Kier molecular flexibility index (Phi) is 3.58.